The van der Waals surface area contributed by atoms with E-state index in [4.69, 9.17) is 4.52 Å². The Morgan fingerprint density at radius 1 is 1.26 bits per heavy atom. The van der Waals surface area contributed by atoms with E-state index in [1.54, 1.807) is 30.3 Å². The number of nitrogens with one attached hydrogen (secondary N) is 1. The quantitative estimate of drug-likeness (QED) is 0.866. The molecule has 2 rings (SSSR count). The van der Waals surface area contributed by atoms with Crippen LogP contribution < -0.4 is 5.32 Å². The van der Waals surface area contributed by atoms with Crippen LogP contribution >= 0.6 is 0 Å². The van der Waals surface area contributed by atoms with Gasteiger partial charge in [0.25, 0.3) is 5.91 Å². The first-order chi connectivity index (χ1) is 9.04. The third kappa shape index (κ3) is 2.47. The van der Waals surface area contributed by atoms with Gasteiger partial charge in [0.05, 0.1) is 6.20 Å². The molecule has 98 valence electrons. The van der Waals surface area contributed by atoms with Crippen LogP contribution in [0.3, 0.4) is 0 Å². The zero-order valence-corrected chi connectivity index (χ0v) is 10.2. The lowest BCUT2D eigenvalue weighted by molar-refractivity contribution is -0.144. The van der Waals surface area contributed by atoms with Gasteiger partial charge in [0, 0.05) is 6.07 Å². The summed E-state index contributed by atoms with van der Waals surface area (Å²) in [6.07, 6.45) is 1.32. The number of benzene rings is 1. The Labute approximate surface area is 109 Å². The number of amides is 1. The molecule has 6 heteroatoms. The summed E-state index contributed by atoms with van der Waals surface area (Å²) in [6, 6.07) is 9.81. The highest BCUT2D eigenvalue weighted by Gasteiger charge is 2.37. The molecule has 2 aromatic rings. The van der Waals surface area contributed by atoms with Gasteiger partial charge in [-0.1, -0.05) is 35.5 Å². The standard InChI is InChI=1S/C13H12N2O4/c1-13(12(17)18,9-5-3-2-4-6-9)15-11(16)10-7-8-14-19-10/h2-8H,1H3,(H,15,16)(H,17,18). The molecule has 0 aliphatic rings. The molecule has 1 unspecified atom stereocenters. The van der Waals surface area contributed by atoms with E-state index in [-0.39, 0.29) is 5.76 Å². The highest BCUT2D eigenvalue weighted by Crippen LogP contribution is 2.21. The van der Waals surface area contributed by atoms with Crippen molar-refractivity contribution in [2.75, 3.05) is 0 Å². The van der Waals surface area contributed by atoms with Crippen LogP contribution in [0.2, 0.25) is 0 Å². The van der Waals surface area contributed by atoms with Gasteiger partial charge in [0.15, 0.2) is 5.54 Å². The molecule has 0 saturated carbocycles. The van der Waals surface area contributed by atoms with Crippen LogP contribution in [0.1, 0.15) is 23.0 Å². The fraction of sp³-hybridized carbons (Fsp3) is 0.154. The highest BCUT2D eigenvalue weighted by molar-refractivity contribution is 5.95. The molecule has 1 heterocycles. The summed E-state index contributed by atoms with van der Waals surface area (Å²) in [5.41, 5.74) is -1.07. The molecule has 0 saturated heterocycles. The largest absolute Gasteiger partial charge is 0.479 e. The van der Waals surface area contributed by atoms with Crippen LogP contribution in [0.4, 0.5) is 0 Å². The summed E-state index contributed by atoms with van der Waals surface area (Å²) in [7, 11) is 0. The average molecular weight is 260 g/mol. The lowest BCUT2D eigenvalue weighted by Crippen LogP contribution is -2.49. The summed E-state index contributed by atoms with van der Waals surface area (Å²) in [6.45, 7) is 1.42. The summed E-state index contributed by atoms with van der Waals surface area (Å²) in [4.78, 5) is 23.4. The van der Waals surface area contributed by atoms with Crippen molar-refractivity contribution in [2.24, 2.45) is 0 Å². The zero-order chi connectivity index (χ0) is 13.9. The van der Waals surface area contributed by atoms with Gasteiger partial charge in [-0.2, -0.15) is 0 Å². The van der Waals surface area contributed by atoms with Crippen molar-refractivity contribution in [3.05, 3.63) is 53.9 Å². The average Bonchev–Trinajstić information content (AvgIpc) is 2.93. The number of carboxylic acid groups (broad SMARTS) is 1. The minimum atomic E-state index is -1.54. The minimum Gasteiger partial charge on any atom is -0.479 e. The van der Waals surface area contributed by atoms with Crippen LogP contribution in [-0.2, 0) is 10.3 Å². The van der Waals surface area contributed by atoms with Crippen molar-refractivity contribution in [1.29, 1.82) is 0 Å². The van der Waals surface area contributed by atoms with Crippen LogP contribution in [-0.4, -0.2) is 22.1 Å². The van der Waals surface area contributed by atoms with E-state index in [9.17, 15) is 14.7 Å². The Morgan fingerprint density at radius 2 is 1.95 bits per heavy atom. The third-order valence-corrected chi connectivity index (χ3v) is 2.80. The number of nitrogens with zero attached hydrogens (tertiary/aromatic N) is 1. The van der Waals surface area contributed by atoms with Gasteiger partial charge in [-0.3, -0.25) is 4.79 Å². The van der Waals surface area contributed by atoms with E-state index in [0.717, 1.165) is 0 Å². The number of aromatic nitrogens is 1. The first kappa shape index (κ1) is 12.8. The normalized spacial score (nSPS) is 13.5. The second-order valence-electron chi connectivity index (χ2n) is 4.13. The van der Waals surface area contributed by atoms with Gasteiger partial charge in [0.2, 0.25) is 5.76 Å². The summed E-state index contributed by atoms with van der Waals surface area (Å²) in [5.74, 6) is -1.83. The fourth-order valence-corrected chi connectivity index (χ4v) is 1.64. The Morgan fingerprint density at radius 3 is 2.47 bits per heavy atom. The van der Waals surface area contributed by atoms with Crippen molar-refractivity contribution in [1.82, 2.24) is 10.5 Å². The maximum atomic E-state index is 11.9. The summed E-state index contributed by atoms with van der Waals surface area (Å²) >= 11 is 0. The Balaban J connectivity index is 2.31. The molecular formula is C13H12N2O4. The molecule has 0 spiro atoms. The SMILES string of the molecule is CC(NC(=O)c1ccno1)(C(=O)O)c1ccccc1. The number of hydrogen-bond donors (Lipinski definition) is 2. The topological polar surface area (TPSA) is 92.4 Å². The summed E-state index contributed by atoms with van der Waals surface area (Å²) < 4.78 is 4.70. The van der Waals surface area contributed by atoms with E-state index in [1.807, 2.05) is 0 Å². The van der Waals surface area contributed by atoms with E-state index >= 15 is 0 Å². The molecule has 1 aromatic heterocycles. The van der Waals surface area contributed by atoms with Gasteiger partial charge in [-0.05, 0) is 12.5 Å². The number of aliphatic carboxylic acids is 1. The van der Waals surface area contributed by atoms with E-state index in [1.165, 1.54) is 19.2 Å². The van der Waals surface area contributed by atoms with Gasteiger partial charge in [-0.15, -0.1) is 0 Å². The Kier molecular flexibility index (Phi) is 3.33. The highest BCUT2D eigenvalue weighted by atomic mass is 16.5. The fourth-order valence-electron chi connectivity index (χ4n) is 1.64. The molecule has 1 atom stereocenters. The molecule has 0 radical (unpaired) electrons. The third-order valence-electron chi connectivity index (χ3n) is 2.80. The summed E-state index contributed by atoms with van der Waals surface area (Å²) in [5, 5.41) is 15.2. The van der Waals surface area contributed by atoms with Gasteiger partial charge in [0.1, 0.15) is 0 Å². The van der Waals surface area contributed by atoms with Gasteiger partial charge < -0.3 is 14.9 Å². The Hall–Kier alpha value is -2.63. The van der Waals surface area contributed by atoms with Crippen LogP contribution in [0.25, 0.3) is 0 Å². The molecule has 0 aliphatic heterocycles. The minimum absolute atomic E-state index is 0.0385. The second-order valence-corrected chi connectivity index (χ2v) is 4.13. The van der Waals surface area contributed by atoms with Gasteiger partial charge in [-0.25, -0.2) is 4.79 Å². The first-order valence-corrected chi connectivity index (χ1v) is 5.56. The molecule has 19 heavy (non-hydrogen) atoms. The Bertz CT molecular complexity index is 580. The number of carbonyl (C=O) groups excluding carboxylic acids is 1. The van der Waals surface area contributed by atoms with Crippen LogP contribution in [0.15, 0.2) is 47.1 Å². The van der Waals surface area contributed by atoms with Crippen molar-refractivity contribution in [3.8, 4) is 0 Å². The number of hydrogen-bond acceptors (Lipinski definition) is 4. The molecule has 0 aliphatic carbocycles. The van der Waals surface area contributed by atoms with Crippen molar-refractivity contribution < 1.29 is 19.2 Å². The molecule has 2 N–H and O–H groups in total. The first-order valence-electron chi connectivity index (χ1n) is 5.56. The molecular weight excluding hydrogens is 248 g/mol. The second kappa shape index (κ2) is 4.93. The predicted octanol–water partition coefficient (Wildman–Crippen LogP) is 1.40. The van der Waals surface area contributed by atoms with Crippen LogP contribution in [0, 0.1) is 0 Å². The number of rotatable bonds is 4. The molecule has 0 fully saturated rings. The molecule has 1 aromatic carbocycles. The van der Waals surface area contributed by atoms with E-state index in [0.29, 0.717) is 5.56 Å². The number of carbonyl (C=O) groups is 2. The van der Waals surface area contributed by atoms with Crippen molar-refractivity contribution in [2.45, 2.75) is 12.5 Å². The molecule has 6 nitrogen and oxygen atoms in total. The zero-order valence-electron chi connectivity index (χ0n) is 10.2. The van der Waals surface area contributed by atoms with Crippen molar-refractivity contribution in [3.63, 3.8) is 0 Å². The van der Waals surface area contributed by atoms with Gasteiger partial charge >= 0.3 is 5.97 Å². The van der Waals surface area contributed by atoms with E-state index < -0.39 is 17.4 Å². The molecule has 1 amide bonds. The van der Waals surface area contributed by atoms with E-state index in [2.05, 4.69) is 10.5 Å². The lowest BCUT2D eigenvalue weighted by Gasteiger charge is -2.26. The lowest BCUT2D eigenvalue weighted by atomic mass is 9.92. The predicted molar refractivity (Wildman–Crippen MR) is 65.4 cm³/mol. The maximum absolute atomic E-state index is 11.9. The van der Waals surface area contributed by atoms with Crippen LogP contribution in [0.5, 0.6) is 0 Å². The molecule has 0 bridgehead atoms. The monoisotopic (exact) mass is 260 g/mol. The number of carboxylic acids is 1. The van der Waals surface area contributed by atoms with Crippen molar-refractivity contribution >= 4 is 11.9 Å². The maximum Gasteiger partial charge on any atom is 0.333 e. The smallest absolute Gasteiger partial charge is 0.333 e.